The molecule has 0 aromatic heterocycles. The van der Waals surface area contributed by atoms with Crippen LogP contribution in [0.3, 0.4) is 0 Å². The van der Waals surface area contributed by atoms with E-state index in [9.17, 15) is 43.2 Å². The standard InChI is InChI=1S/C71H138O17P2/c1-8-10-11-12-13-14-15-16-17-18-19-20-21-22-23-24-25-26-27-28-40-47-54-70(75)87-66(58-82-69(74)53-46-39-34-31-37-44-51-64(7)9-2)60-85-89(77,78)83-56-65(72)57-84-90(79,80)86-61-67(88-71(76)55-48-41-33-30-36-43-50-63(5)6)59-81-68(73)52-45-38-32-29-35-42-49-62(3)4/h62-67,72H,8-61H2,1-7H3,(H,77,78)(H,79,80)/t64?,65-,66-,67-/m1/s1. The van der Waals surface area contributed by atoms with Gasteiger partial charge < -0.3 is 33.8 Å². The second kappa shape index (κ2) is 61.9. The van der Waals surface area contributed by atoms with Crippen molar-refractivity contribution < 1.29 is 80.2 Å². The molecule has 3 unspecified atom stereocenters. The van der Waals surface area contributed by atoms with E-state index in [4.69, 9.17) is 37.0 Å². The van der Waals surface area contributed by atoms with Crippen LogP contribution in [0.1, 0.15) is 357 Å². The van der Waals surface area contributed by atoms with Gasteiger partial charge in [0.15, 0.2) is 12.2 Å². The van der Waals surface area contributed by atoms with Crippen LogP contribution in [0.15, 0.2) is 0 Å². The van der Waals surface area contributed by atoms with E-state index < -0.39 is 97.5 Å². The van der Waals surface area contributed by atoms with Crippen LogP contribution in [-0.2, 0) is 65.4 Å². The monoisotopic (exact) mass is 1320 g/mol. The third-order valence-electron chi connectivity index (χ3n) is 16.7. The Bertz CT molecular complexity index is 1770. The molecule has 0 aromatic carbocycles. The minimum absolute atomic E-state index is 0.101. The van der Waals surface area contributed by atoms with Crippen LogP contribution >= 0.6 is 15.6 Å². The molecule has 0 amide bonds. The SMILES string of the molecule is CCCCCCCCCCCCCCCCCCCCCCCCC(=O)O[C@H](COC(=O)CCCCCCCCC(C)CC)COP(=O)(O)OC[C@@H](O)COP(=O)(O)OC[C@@H](COC(=O)CCCCCCCCC(C)C)OC(=O)CCCCCCCCC(C)C. The van der Waals surface area contributed by atoms with Crippen molar-refractivity contribution in [1.29, 1.82) is 0 Å². The molecular formula is C71H138O17P2. The summed E-state index contributed by atoms with van der Waals surface area (Å²) in [5.41, 5.74) is 0. The van der Waals surface area contributed by atoms with Gasteiger partial charge in [-0.2, -0.15) is 0 Å². The first-order valence-electron chi connectivity index (χ1n) is 36.9. The van der Waals surface area contributed by atoms with Gasteiger partial charge in [0.1, 0.15) is 19.3 Å². The maximum atomic E-state index is 13.0. The van der Waals surface area contributed by atoms with E-state index in [2.05, 4.69) is 48.5 Å². The van der Waals surface area contributed by atoms with Gasteiger partial charge >= 0.3 is 39.5 Å². The fraction of sp³-hybridized carbons (Fsp3) is 0.944. The molecule has 17 nitrogen and oxygen atoms in total. The summed E-state index contributed by atoms with van der Waals surface area (Å²) < 4.78 is 68.1. The van der Waals surface area contributed by atoms with Crippen LogP contribution in [0.4, 0.5) is 0 Å². The van der Waals surface area contributed by atoms with Gasteiger partial charge in [0, 0.05) is 25.7 Å². The zero-order valence-electron chi connectivity index (χ0n) is 58.6. The summed E-state index contributed by atoms with van der Waals surface area (Å²) in [6.07, 6.45) is 46.5. The summed E-state index contributed by atoms with van der Waals surface area (Å²) in [4.78, 5) is 72.4. The second-order valence-corrected chi connectivity index (χ2v) is 29.7. The highest BCUT2D eigenvalue weighted by Gasteiger charge is 2.30. The lowest BCUT2D eigenvalue weighted by molar-refractivity contribution is -0.161. The normalized spacial score (nSPS) is 14.5. The molecule has 0 heterocycles. The van der Waals surface area contributed by atoms with Crippen LogP contribution in [0.5, 0.6) is 0 Å². The van der Waals surface area contributed by atoms with Crippen molar-refractivity contribution in [3.8, 4) is 0 Å². The molecule has 0 aliphatic heterocycles. The number of unbranched alkanes of at least 4 members (excludes halogenated alkanes) is 36. The molecule has 0 bridgehead atoms. The highest BCUT2D eigenvalue weighted by molar-refractivity contribution is 7.47. The van der Waals surface area contributed by atoms with Gasteiger partial charge in [-0.25, -0.2) is 9.13 Å². The minimum atomic E-state index is -4.95. The van der Waals surface area contributed by atoms with Crippen molar-refractivity contribution in [2.75, 3.05) is 39.6 Å². The zero-order valence-corrected chi connectivity index (χ0v) is 60.4. The largest absolute Gasteiger partial charge is 0.472 e. The van der Waals surface area contributed by atoms with Crippen molar-refractivity contribution in [3.05, 3.63) is 0 Å². The molecule has 0 rings (SSSR count). The molecule has 0 radical (unpaired) electrons. The Morgan fingerprint density at radius 1 is 0.322 bits per heavy atom. The third-order valence-corrected chi connectivity index (χ3v) is 18.6. The van der Waals surface area contributed by atoms with Crippen LogP contribution < -0.4 is 0 Å². The number of rotatable bonds is 69. The lowest BCUT2D eigenvalue weighted by Gasteiger charge is -2.21. The first-order chi connectivity index (χ1) is 43.3. The van der Waals surface area contributed by atoms with E-state index in [1.807, 2.05) is 0 Å². The molecule has 0 saturated heterocycles. The van der Waals surface area contributed by atoms with E-state index in [0.717, 1.165) is 109 Å². The molecule has 0 aromatic rings. The first kappa shape index (κ1) is 88.1. The average molecular weight is 1330 g/mol. The van der Waals surface area contributed by atoms with Gasteiger partial charge in [-0.3, -0.25) is 37.3 Å². The predicted octanol–water partition coefficient (Wildman–Crippen LogP) is 20.2. The molecule has 0 saturated carbocycles. The number of ether oxygens (including phenoxy) is 4. The van der Waals surface area contributed by atoms with Gasteiger partial charge in [-0.05, 0) is 43.4 Å². The van der Waals surface area contributed by atoms with Crippen LogP contribution in [0.2, 0.25) is 0 Å². The maximum Gasteiger partial charge on any atom is 0.472 e. The molecule has 6 atom stereocenters. The number of hydrogen-bond donors (Lipinski definition) is 3. The van der Waals surface area contributed by atoms with Crippen molar-refractivity contribution >= 4 is 39.5 Å². The molecule has 0 spiro atoms. The summed E-state index contributed by atoms with van der Waals surface area (Å²) in [6.45, 7) is 11.6. The Morgan fingerprint density at radius 3 is 0.844 bits per heavy atom. The molecule has 0 fully saturated rings. The summed E-state index contributed by atoms with van der Waals surface area (Å²) in [5, 5.41) is 10.6. The summed E-state index contributed by atoms with van der Waals surface area (Å²) in [7, 11) is -9.90. The number of phosphoric ester groups is 2. The van der Waals surface area contributed by atoms with Gasteiger partial charge in [-0.15, -0.1) is 0 Å². The summed E-state index contributed by atoms with van der Waals surface area (Å²) in [5.74, 6) is -0.0566. The average Bonchev–Trinajstić information content (AvgIpc) is 2.82. The van der Waals surface area contributed by atoms with E-state index in [1.54, 1.807) is 0 Å². The van der Waals surface area contributed by atoms with E-state index in [1.165, 1.54) is 154 Å². The molecule has 0 aliphatic rings. The number of carbonyl (C=O) groups excluding carboxylic acids is 4. The fourth-order valence-corrected chi connectivity index (χ4v) is 12.3. The fourth-order valence-electron chi connectivity index (χ4n) is 10.7. The van der Waals surface area contributed by atoms with Crippen molar-refractivity contribution in [1.82, 2.24) is 0 Å². The Kier molecular flexibility index (Phi) is 60.6. The number of aliphatic hydroxyl groups is 1. The molecule has 3 N–H and O–H groups in total. The number of phosphoric acid groups is 2. The lowest BCUT2D eigenvalue weighted by Crippen LogP contribution is -2.30. The van der Waals surface area contributed by atoms with Crippen LogP contribution in [0.25, 0.3) is 0 Å². The number of esters is 4. The minimum Gasteiger partial charge on any atom is -0.462 e. The number of hydrogen-bond acceptors (Lipinski definition) is 15. The lowest BCUT2D eigenvalue weighted by atomic mass is 10.00. The van der Waals surface area contributed by atoms with Gasteiger partial charge in [0.2, 0.25) is 0 Å². The summed E-state index contributed by atoms with van der Waals surface area (Å²) in [6, 6.07) is 0. The zero-order chi connectivity index (χ0) is 66.6. The Morgan fingerprint density at radius 2 is 0.567 bits per heavy atom. The highest BCUT2D eigenvalue weighted by atomic mass is 31.2. The van der Waals surface area contributed by atoms with E-state index >= 15 is 0 Å². The topological polar surface area (TPSA) is 237 Å². The summed E-state index contributed by atoms with van der Waals surface area (Å²) >= 11 is 0. The quantitative estimate of drug-likeness (QED) is 0.0222. The van der Waals surface area contributed by atoms with Crippen LogP contribution in [0, 0.1) is 17.8 Å². The third kappa shape index (κ3) is 63.5. The molecule has 0 aliphatic carbocycles. The predicted molar refractivity (Wildman–Crippen MR) is 363 cm³/mol. The number of aliphatic hydroxyl groups excluding tert-OH is 1. The molecule has 90 heavy (non-hydrogen) atoms. The molecule has 19 heteroatoms. The molecule has 534 valence electrons. The van der Waals surface area contributed by atoms with E-state index in [-0.39, 0.29) is 25.7 Å². The van der Waals surface area contributed by atoms with Gasteiger partial charge in [0.25, 0.3) is 0 Å². The Labute approximate surface area is 549 Å². The first-order valence-corrected chi connectivity index (χ1v) is 39.9. The maximum absolute atomic E-state index is 13.0. The Hall–Kier alpha value is -1.94. The Balaban J connectivity index is 5.12. The van der Waals surface area contributed by atoms with Crippen LogP contribution in [-0.4, -0.2) is 96.7 Å². The van der Waals surface area contributed by atoms with Crippen molar-refractivity contribution in [2.45, 2.75) is 375 Å². The van der Waals surface area contributed by atoms with Crippen molar-refractivity contribution in [2.24, 2.45) is 17.8 Å². The van der Waals surface area contributed by atoms with Gasteiger partial charge in [-0.1, -0.05) is 305 Å². The smallest absolute Gasteiger partial charge is 0.462 e. The van der Waals surface area contributed by atoms with Gasteiger partial charge in [0.05, 0.1) is 26.4 Å². The van der Waals surface area contributed by atoms with Crippen molar-refractivity contribution in [3.63, 3.8) is 0 Å². The highest BCUT2D eigenvalue weighted by Crippen LogP contribution is 2.45. The second-order valence-electron chi connectivity index (χ2n) is 26.8. The molecular weight excluding hydrogens is 1190 g/mol. The van der Waals surface area contributed by atoms with E-state index in [0.29, 0.717) is 37.5 Å². The number of carbonyl (C=O) groups is 4.